The largest absolute Gasteiger partial charge is 0.404 e. The van der Waals surface area contributed by atoms with Gasteiger partial charge in [-0.3, -0.25) is 0 Å². The summed E-state index contributed by atoms with van der Waals surface area (Å²) in [5.41, 5.74) is 0. The summed E-state index contributed by atoms with van der Waals surface area (Å²) in [5.74, 6) is -0.236. The maximum atomic E-state index is 10.4. The van der Waals surface area contributed by atoms with Crippen LogP contribution in [0.5, 0.6) is 0 Å². The highest BCUT2D eigenvalue weighted by Gasteiger charge is 2.18. The van der Waals surface area contributed by atoms with Crippen LogP contribution in [0, 0.1) is 10.1 Å². The third-order valence-corrected chi connectivity index (χ3v) is 1.88. The van der Waals surface area contributed by atoms with E-state index in [1.54, 1.807) is 6.92 Å². The zero-order valence-corrected chi connectivity index (χ0v) is 8.43. The van der Waals surface area contributed by atoms with E-state index in [0.29, 0.717) is 4.47 Å². The normalized spacial score (nSPS) is 12.8. The van der Waals surface area contributed by atoms with Crippen molar-refractivity contribution in [2.75, 3.05) is 0 Å². The quantitative estimate of drug-likeness (QED) is 0.639. The Bertz CT molecular complexity index is 323. The predicted octanol–water partition coefficient (Wildman–Crippen LogP) is 0.935. The molecular formula is C6H8BrN3O3. The van der Waals surface area contributed by atoms with Crippen molar-refractivity contribution in [1.29, 1.82) is 0 Å². The number of hydrogen-bond donors (Lipinski definition) is 1. The van der Waals surface area contributed by atoms with Crippen molar-refractivity contribution in [3.05, 3.63) is 20.8 Å². The first kappa shape index (κ1) is 10.1. The Morgan fingerprint density at radius 1 is 1.92 bits per heavy atom. The number of halogens is 1. The molecule has 6 nitrogen and oxygen atoms in total. The van der Waals surface area contributed by atoms with Crippen LogP contribution in [0.15, 0.2) is 10.7 Å². The topological polar surface area (TPSA) is 81.2 Å². The molecule has 0 aliphatic heterocycles. The van der Waals surface area contributed by atoms with Gasteiger partial charge in [-0.1, -0.05) is 0 Å². The lowest BCUT2D eigenvalue weighted by molar-refractivity contribution is -0.390. The Hall–Kier alpha value is -0.950. The van der Waals surface area contributed by atoms with Gasteiger partial charge in [0.2, 0.25) is 0 Å². The Kier molecular flexibility index (Phi) is 2.99. The zero-order chi connectivity index (χ0) is 10.0. The second-order valence-electron chi connectivity index (χ2n) is 2.63. The van der Waals surface area contributed by atoms with Crippen molar-refractivity contribution in [1.82, 2.24) is 9.78 Å². The third-order valence-electron chi connectivity index (χ3n) is 1.32. The summed E-state index contributed by atoms with van der Waals surface area (Å²) in [5, 5.41) is 23.0. The van der Waals surface area contributed by atoms with Gasteiger partial charge in [0.05, 0.1) is 23.9 Å². The molecule has 1 rings (SSSR count). The minimum absolute atomic E-state index is 0.236. The van der Waals surface area contributed by atoms with Gasteiger partial charge in [-0.2, -0.15) is 4.68 Å². The lowest BCUT2D eigenvalue weighted by Gasteiger charge is -1.98. The van der Waals surface area contributed by atoms with Gasteiger partial charge in [0.1, 0.15) is 4.47 Å². The highest BCUT2D eigenvalue weighted by Crippen LogP contribution is 2.21. The van der Waals surface area contributed by atoms with E-state index in [4.69, 9.17) is 5.11 Å². The summed E-state index contributed by atoms with van der Waals surface area (Å²) in [6.45, 7) is 1.83. The summed E-state index contributed by atoms with van der Waals surface area (Å²) in [6, 6.07) is 0. The van der Waals surface area contributed by atoms with Gasteiger partial charge < -0.3 is 15.2 Å². The van der Waals surface area contributed by atoms with E-state index in [0.717, 1.165) is 0 Å². The first-order valence-corrected chi connectivity index (χ1v) is 4.35. The number of hydrogen-bond acceptors (Lipinski definition) is 4. The molecule has 0 spiro atoms. The first-order valence-electron chi connectivity index (χ1n) is 3.56. The van der Waals surface area contributed by atoms with Crippen molar-refractivity contribution in [2.24, 2.45) is 0 Å². The van der Waals surface area contributed by atoms with Gasteiger partial charge >= 0.3 is 5.82 Å². The van der Waals surface area contributed by atoms with E-state index < -0.39 is 11.0 Å². The molecule has 7 heteroatoms. The minimum Gasteiger partial charge on any atom is -0.391 e. The van der Waals surface area contributed by atoms with E-state index in [2.05, 4.69) is 21.0 Å². The lowest BCUT2D eigenvalue weighted by atomic mass is 10.4. The molecule has 1 unspecified atom stereocenters. The highest BCUT2D eigenvalue weighted by molar-refractivity contribution is 9.10. The molecule has 0 saturated carbocycles. The van der Waals surface area contributed by atoms with E-state index in [1.807, 2.05) is 0 Å². The molecule has 1 atom stereocenters. The first-order chi connectivity index (χ1) is 6.00. The number of aliphatic hydroxyl groups is 1. The fourth-order valence-corrected chi connectivity index (χ4v) is 1.34. The third kappa shape index (κ3) is 2.49. The monoisotopic (exact) mass is 249 g/mol. The molecule has 0 bridgehead atoms. The molecule has 0 aromatic carbocycles. The molecule has 0 radical (unpaired) electrons. The minimum atomic E-state index is -0.581. The second-order valence-corrected chi connectivity index (χ2v) is 3.48. The van der Waals surface area contributed by atoms with Gasteiger partial charge in [-0.25, -0.2) is 0 Å². The molecule has 0 aliphatic rings. The SMILES string of the molecule is CC(O)Cn1cc(Br)c([N+](=O)[O-])n1. The van der Waals surface area contributed by atoms with Crippen LogP contribution in [0.1, 0.15) is 6.92 Å². The zero-order valence-electron chi connectivity index (χ0n) is 6.85. The van der Waals surface area contributed by atoms with E-state index in [-0.39, 0.29) is 12.4 Å². The van der Waals surface area contributed by atoms with E-state index >= 15 is 0 Å². The number of aromatic nitrogens is 2. The molecule has 0 amide bonds. The summed E-state index contributed by atoms with van der Waals surface area (Å²) < 4.78 is 1.64. The Balaban J connectivity index is 2.89. The second kappa shape index (κ2) is 3.84. The molecule has 1 heterocycles. The van der Waals surface area contributed by atoms with Gasteiger partial charge in [0.25, 0.3) is 0 Å². The Morgan fingerprint density at radius 3 is 2.92 bits per heavy atom. The van der Waals surface area contributed by atoms with E-state index in [9.17, 15) is 10.1 Å². The van der Waals surface area contributed by atoms with Crippen LogP contribution in [0.2, 0.25) is 0 Å². The fraction of sp³-hybridized carbons (Fsp3) is 0.500. The van der Waals surface area contributed by atoms with Gasteiger partial charge in [0.15, 0.2) is 0 Å². The van der Waals surface area contributed by atoms with Crippen molar-refractivity contribution >= 4 is 21.7 Å². The predicted molar refractivity (Wildman–Crippen MR) is 48.3 cm³/mol. The molecule has 1 N–H and O–H groups in total. The summed E-state index contributed by atoms with van der Waals surface area (Å²) in [4.78, 5) is 9.78. The van der Waals surface area contributed by atoms with Crippen molar-refractivity contribution < 1.29 is 10.0 Å². The van der Waals surface area contributed by atoms with Crippen LogP contribution in [0.4, 0.5) is 5.82 Å². The van der Waals surface area contributed by atoms with Crippen LogP contribution in [0.25, 0.3) is 0 Å². The standard InChI is InChI=1S/C6H8BrN3O3/c1-4(11)2-9-3-5(7)6(8-9)10(12)13/h3-4,11H,2H2,1H3. The molecule has 72 valence electrons. The number of nitro groups is 1. The van der Waals surface area contributed by atoms with Crippen molar-refractivity contribution in [2.45, 2.75) is 19.6 Å². The molecule has 13 heavy (non-hydrogen) atoms. The molecule has 0 saturated heterocycles. The van der Waals surface area contributed by atoms with Crippen LogP contribution in [-0.4, -0.2) is 25.9 Å². The summed E-state index contributed by atoms with van der Waals surface area (Å²) in [7, 11) is 0. The number of rotatable bonds is 3. The average Bonchev–Trinajstić information content (AvgIpc) is 2.29. The van der Waals surface area contributed by atoms with Gasteiger partial charge in [-0.05, 0) is 27.8 Å². The van der Waals surface area contributed by atoms with Gasteiger partial charge in [0, 0.05) is 0 Å². The Morgan fingerprint density at radius 2 is 2.54 bits per heavy atom. The molecule has 1 aromatic heterocycles. The Labute approximate surface area is 82.4 Å². The highest BCUT2D eigenvalue weighted by atomic mass is 79.9. The van der Waals surface area contributed by atoms with Gasteiger partial charge in [-0.15, -0.1) is 0 Å². The molecule has 0 aliphatic carbocycles. The maximum absolute atomic E-state index is 10.4. The van der Waals surface area contributed by atoms with Crippen molar-refractivity contribution in [3.63, 3.8) is 0 Å². The molecule has 1 aromatic rings. The van der Waals surface area contributed by atoms with Crippen LogP contribution < -0.4 is 0 Å². The smallest absolute Gasteiger partial charge is 0.391 e. The average molecular weight is 250 g/mol. The van der Waals surface area contributed by atoms with Crippen LogP contribution in [-0.2, 0) is 6.54 Å². The number of aliphatic hydroxyl groups excluding tert-OH is 1. The fourth-order valence-electron chi connectivity index (χ4n) is 0.875. The lowest BCUT2D eigenvalue weighted by Crippen LogP contribution is -2.12. The maximum Gasteiger partial charge on any atom is 0.404 e. The van der Waals surface area contributed by atoms with Crippen molar-refractivity contribution in [3.8, 4) is 0 Å². The number of nitrogens with zero attached hydrogens (tertiary/aromatic N) is 3. The van der Waals surface area contributed by atoms with E-state index in [1.165, 1.54) is 10.9 Å². The summed E-state index contributed by atoms with van der Waals surface area (Å²) in [6.07, 6.45) is 0.886. The van der Waals surface area contributed by atoms with Crippen LogP contribution in [0.3, 0.4) is 0 Å². The van der Waals surface area contributed by atoms with Crippen LogP contribution >= 0.6 is 15.9 Å². The summed E-state index contributed by atoms with van der Waals surface area (Å²) >= 11 is 3.00. The molecular weight excluding hydrogens is 242 g/mol. The molecule has 0 fully saturated rings.